The molecule has 0 aromatic heterocycles. The molecule has 4 nitrogen and oxygen atoms in total. The van der Waals surface area contributed by atoms with E-state index >= 15 is 0 Å². The van der Waals surface area contributed by atoms with Gasteiger partial charge in [0, 0.05) is 40.3 Å². The van der Waals surface area contributed by atoms with Crippen LogP contribution in [0, 0.1) is 11.8 Å². The maximum absolute atomic E-state index is 12.6. The van der Waals surface area contributed by atoms with Crippen LogP contribution in [0.25, 0.3) is 0 Å². The van der Waals surface area contributed by atoms with Crippen molar-refractivity contribution in [1.82, 2.24) is 0 Å². The Bertz CT molecular complexity index is 973. The molecule has 166 valence electrons. The summed E-state index contributed by atoms with van der Waals surface area (Å²) in [6, 6.07) is 14.2. The van der Waals surface area contributed by atoms with Crippen molar-refractivity contribution in [3.63, 3.8) is 0 Å². The van der Waals surface area contributed by atoms with Gasteiger partial charge in [-0.05, 0) is 30.2 Å². The molecule has 2 aromatic rings. The average molecular weight is 443 g/mol. The summed E-state index contributed by atoms with van der Waals surface area (Å²) >= 11 is 6.40. The number of benzene rings is 2. The molecule has 0 amide bonds. The lowest BCUT2D eigenvalue weighted by atomic mass is 9.84. The molecule has 0 bridgehead atoms. The van der Waals surface area contributed by atoms with Crippen LogP contribution >= 0.6 is 11.6 Å². The molecule has 0 spiro atoms. The van der Waals surface area contributed by atoms with Gasteiger partial charge in [0.1, 0.15) is 11.5 Å². The summed E-state index contributed by atoms with van der Waals surface area (Å²) in [6.07, 6.45) is 0.263. The maximum Gasteiger partial charge on any atom is 0.310 e. The second-order valence-electron chi connectivity index (χ2n) is 10.1. The van der Waals surface area contributed by atoms with Gasteiger partial charge in [0.05, 0.1) is 20.1 Å². The largest absolute Gasteiger partial charge is 0.457 e. The van der Waals surface area contributed by atoms with Crippen LogP contribution in [-0.2, 0) is 9.53 Å². The lowest BCUT2D eigenvalue weighted by Crippen LogP contribution is -2.55. The molecule has 4 rings (SSSR count). The summed E-state index contributed by atoms with van der Waals surface area (Å²) < 4.78 is 13.1. The molecular weight excluding hydrogens is 410 g/mol. The van der Waals surface area contributed by atoms with Gasteiger partial charge >= 0.3 is 5.97 Å². The van der Waals surface area contributed by atoms with Gasteiger partial charge in [-0.25, -0.2) is 0 Å². The number of hydrogen-bond donors (Lipinski definition) is 0. The van der Waals surface area contributed by atoms with Crippen LogP contribution in [0.15, 0.2) is 42.5 Å². The summed E-state index contributed by atoms with van der Waals surface area (Å²) in [6.45, 7) is 10.1. The van der Waals surface area contributed by atoms with Crippen molar-refractivity contribution >= 4 is 17.6 Å². The third kappa shape index (κ3) is 4.33. The molecule has 2 aliphatic heterocycles. The third-order valence-electron chi connectivity index (χ3n) is 6.63. The molecular formula is C26H33ClNO3+. The van der Waals surface area contributed by atoms with E-state index in [2.05, 4.69) is 33.0 Å². The Hall–Kier alpha value is -2.04. The van der Waals surface area contributed by atoms with Crippen LogP contribution in [-0.4, -0.2) is 36.8 Å². The van der Waals surface area contributed by atoms with E-state index in [1.807, 2.05) is 44.2 Å². The van der Waals surface area contributed by atoms with Gasteiger partial charge in [-0.15, -0.1) is 0 Å². The monoisotopic (exact) mass is 442 g/mol. The van der Waals surface area contributed by atoms with E-state index in [-0.39, 0.29) is 35.9 Å². The zero-order chi connectivity index (χ0) is 22.3. The SMILES string of the molecule is CC(C)CC(=O)OC(C(C)C)[N+]1(C)CC2c3ccccc3Oc3ccc(Cl)cc3C2C1. The molecule has 1 fully saturated rings. The first-order chi connectivity index (χ1) is 14.7. The predicted molar refractivity (Wildman–Crippen MR) is 124 cm³/mol. The first-order valence-corrected chi connectivity index (χ1v) is 11.7. The Morgan fingerprint density at radius 2 is 1.71 bits per heavy atom. The molecule has 4 atom stereocenters. The molecule has 2 aliphatic rings. The average Bonchev–Trinajstić information content (AvgIpc) is 3.00. The number of hydrogen-bond acceptors (Lipinski definition) is 3. The predicted octanol–water partition coefficient (Wildman–Crippen LogP) is 6.34. The van der Waals surface area contributed by atoms with Crippen molar-refractivity contribution in [3.8, 4) is 11.5 Å². The van der Waals surface area contributed by atoms with Gasteiger partial charge in [0.2, 0.25) is 6.23 Å². The van der Waals surface area contributed by atoms with Crippen molar-refractivity contribution in [2.75, 3.05) is 20.1 Å². The van der Waals surface area contributed by atoms with Crippen molar-refractivity contribution in [1.29, 1.82) is 0 Å². The van der Waals surface area contributed by atoms with Gasteiger partial charge in [0.15, 0.2) is 0 Å². The van der Waals surface area contributed by atoms with Crippen LogP contribution in [0.2, 0.25) is 5.02 Å². The molecule has 2 heterocycles. The molecule has 0 radical (unpaired) electrons. The standard InChI is InChI=1S/C26H33ClNO3/c1-16(2)12-25(29)31-26(17(3)4)28(5)14-21-19-8-6-7-9-23(19)30-24-11-10-18(27)13-20(24)22(21)15-28/h6-11,13,16-17,21-22,26H,12,14-15H2,1-5H3/q+1. The summed E-state index contributed by atoms with van der Waals surface area (Å²) in [7, 11) is 2.23. The normalized spacial score (nSPS) is 25.3. The number of rotatable bonds is 5. The van der Waals surface area contributed by atoms with Crippen molar-refractivity contribution in [3.05, 3.63) is 58.6 Å². The zero-order valence-electron chi connectivity index (χ0n) is 19.1. The van der Waals surface area contributed by atoms with Gasteiger partial charge in [-0.3, -0.25) is 9.28 Å². The Morgan fingerprint density at radius 1 is 1.06 bits per heavy atom. The number of likely N-dealkylation sites (tertiary alicyclic amines) is 1. The fraction of sp³-hybridized carbons (Fsp3) is 0.500. The summed E-state index contributed by atoms with van der Waals surface area (Å²) in [5.74, 6) is 2.69. The highest BCUT2D eigenvalue weighted by Crippen LogP contribution is 2.52. The second-order valence-corrected chi connectivity index (χ2v) is 10.5. The van der Waals surface area contributed by atoms with Gasteiger partial charge in [-0.1, -0.05) is 57.5 Å². The highest BCUT2D eigenvalue weighted by molar-refractivity contribution is 6.30. The lowest BCUT2D eigenvalue weighted by Gasteiger charge is -2.39. The van der Waals surface area contributed by atoms with E-state index in [1.165, 1.54) is 5.56 Å². The number of carbonyl (C=O) groups excluding carboxylic acids is 1. The topological polar surface area (TPSA) is 35.5 Å². The number of esters is 1. The van der Waals surface area contributed by atoms with E-state index < -0.39 is 0 Å². The third-order valence-corrected chi connectivity index (χ3v) is 6.87. The number of halogens is 1. The molecule has 0 N–H and O–H groups in total. The fourth-order valence-corrected chi connectivity index (χ4v) is 5.65. The van der Waals surface area contributed by atoms with Crippen LogP contribution < -0.4 is 4.74 Å². The fourth-order valence-electron chi connectivity index (χ4n) is 5.47. The Kier molecular flexibility index (Phi) is 6.06. The van der Waals surface area contributed by atoms with Crippen molar-refractivity contribution < 1.29 is 18.8 Å². The zero-order valence-corrected chi connectivity index (χ0v) is 19.9. The van der Waals surface area contributed by atoms with Crippen molar-refractivity contribution in [2.24, 2.45) is 11.8 Å². The van der Waals surface area contributed by atoms with E-state index in [0.717, 1.165) is 35.2 Å². The minimum atomic E-state index is -0.186. The molecule has 0 aliphatic carbocycles. The maximum atomic E-state index is 12.6. The molecule has 4 unspecified atom stereocenters. The number of ether oxygens (including phenoxy) is 2. The molecule has 0 saturated carbocycles. The van der Waals surface area contributed by atoms with Crippen LogP contribution in [0.4, 0.5) is 0 Å². The number of likely N-dealkylation sites (N-methyl/N-ethyl adjacent to an activating group) is 1. The summed E-state index contributed by atoms with van der Waals surface area (Å²) in [5.41, 5.74) is 2.37. The number of nitrogens with zero attached hydrogens (tertiary/aromatic N) is 1. The van der Waals surface area contributed by atoms with Crippen LogP contribution in [0.1, 0.15) is 57.1 Å². The first kappa shape index (κ1) is 22.2. The molecule has 2 aromatic carbocycles. The summed E-state index contributed by atoms with van der Waals surface area (Å²) in [5, 5.41) is 0.719. The van der Waals surface area contributed by atoms with E-state index in [1.54, 1.807) is 0 Å². The number of quaternary nitrogens is 1. The number of carbonyl (C=O) groups is 1. The second kappa shape index (κ2) is 8.48. The van der Waals surface area contributed by atoms with Gasteiger partial charge in [-0.2, -0.15) is 0 Å². The Balaban J connectivity index is 1.74. The minimum absolute atomic E-state index is 0.104. The number of fused-ring (bicyclic) bond motifs is 5. The molecule has 5 heteroatoms. The van der Waals surface area contributed by atoms with E-state index in [0.29, 0.717) is 10.9 Å². The lowest BCUT2D eigenvalue weighted by molar-refractivity contribution is -0.946. The smallest absolute Gasteiger partial charge is 0.310 e. The van der Waals surface area contributed by atoms with Gasteiger partial charge in [0.25, 0.3) is 0 Å². The molecule has 1 saturated heterocycles. The van der Waals surface area contributed by atoms with Gasteiger partial charge < -0.3 is 9.47 Å². The quantitative estimate of drug-likeness (QED) is 0.400. The van der Waals surface area contributed by atoms with Crippen LogP contribution in [0.3, 0.4) is 0 Å². The summed E-state index contributed by atoms with van der Waals surface area (Å²) in [4.78, 5) is 12.6. The highest BCUT2D eigenvalue weighted by Gasteiger charge is 2.52. The Morgan fingerprint density at radius 3 is 2.39 bits per heavy atom. The number of para-hydroxylation sites is 1. The highest BCUT2D eigenvalue weighted by atomic mass is 35.5. The van der Waals surface area contributed by atoms with Crippen molar-refractivity contribution in [2.45, 2.75) is 52.2 Å². The Labute approximate surface area is 190 Å². The van der Waals surface area contributed by atoms with Crippen LogP contribution in [0.5, 0.6) is 11.5 Å². The first-order valence-electron chi connectivity index (χ1n) is 11.3. The van der Waals surface area contributed by atoms with E-state index in [9.17, 15) is 4.79 Å². The molecule has 31 heavy (non-hydrogen) atoms. The minimum Gasteiger partial charge on any atom is -0.457 e. The van der Waals surface area contributed by atoms with E-state index in [4.69, 9.17) is 21.1 Å².